The van der Waals surface area contributed by atoms with Gasteiger partial charge >= 0.3 is 5.97 Å². The van der Waals surface area contributed by atoms with Crippen molar-refractivity contribution < 1.29 is 9.53 Å². The zero-order valence-electron chi connectivity index (χ0n) is 10.6. The van der Waals surface area contributed by atoms with E-state index in [2.05, 4.69) is 18.9 Å². The van der Waals surface area contributed by atoms with Gasteiger partial charge < -0.3 is 9.64 Å². The molecule has 1 fully saturated rings. The zero-order chi connectivity index (χ0) is 12.0. The molecule has 0 aromatic heterocycles. The first-order valence-electron chi connectivity index (χ1n) is 6.14. The molecule has 0 saturated carbocycles. The van der Waals surface area contributed by atoms with E-state index in [1.165, 1.54) is 19.5 Å². The smallest absolute Gasteiger partial charge is 0.319 e. The van der Waals surface area contributed by atoms with Crippen molar-refractivity contribution in [2.24, 2.45) is 5.92 Å². The molecule has 1 saturated heterocycles. The molecular weight excluding hydrogens is 222 g/mol. The van der Waals surface area contributed by atoms with Gasteiger partial charge in [0.1, 0.15) is 5.25 Å². The number of rotatable bonds is 6. The fourth-order valence-electron chi connectivity index (χ4n) is 2.00. The highest BCUT2D eigenvalue weighted by atomic mass is 32.2. The molecule has 1 heterocycles. The van der Waals surface area contributed by atoms with E-state index >= 15 is 0 Å². The van der Waals surface area contributed by atoms with E-state index in [1.807, 2.05) is 6.92 Å². The van der Waals surface area contributed by atoms with Crippen LogP contribution in [0, 0.1) is 5.92 Å². The van der Waals surface area contributed by atoms with Crippen LogP contribution >= 0.6 is 11.8 Å². The number of hydrogen-bond donors (Lipinski definition) is 0. The monoisotopic (exact) mass is 245 g/mol. The minimum absolute atomic E-state index is 0.0332. The van der Waals surface area contributed by atoms with Gasteiger partial charge in [0.25, 0.3) is 0 Å². The third-order valence-electron chi connectivity index (χ3n) is 2.94. The van der Waals surface area contributed by atoms with E-state index < -0.39 is 0 Å². The van der Waals surface area contributed by atoms with Crippen LogP contribution in [0.15, 0.2) is 0 Å². The molecule has 1 rings (SSSR count). The molecule has 94 valence electrons. The highest BCUT2D eigenvalue weighted by molar-refractivity contribution is 8.00. The Morgan fingerprint density at radius 2 is 2.31 bits per heavy atom. The molecule has 2 atom stereocenters. The van der Waals surface area contributed by atoms with Gasteiger partial charge in [0.05, 0.1) is 6.61 Å². The van der Waals surface area contributed by atoms with Crippen molar-refractivity contribution in [2.45, 2.75) is 31.9 Å². The second-order valence-electron chi connectivity index (χ2n) is 4.40. The average Bonchev–Trinajstić information content (AvgIpc) is 2.65. The summed E-state index contributed by atoms with van der Waals surface area (Å²) < 4.78 is 5.06. The lowest BCUT2D eigenvalue weighted by atomic mass is 10.2. The number of esters is 1. The second kappa shape index (κ2) is 7.17. The van der Waals surface area contributed by atoms with Crippen molar-refractivity contribution in [3.05, 3.63) is 0 Å². The molecule has 0 aliphatic carbocycles. The summed E-state index contributed by atoms with van der Waals surface area (Å²) >= 11 is 1.77. The average molecular weight is 245 g/mol. The van der Waals surface area contributed by atoms with Crippen LogP contribution in [0.1, 0.15) is 26.7 Å². The molecule has 2 unspecified atom stereocenters. The summed E-state index contributed by atoms with van der Waals surface area (Å²) in [4.78, 5) is 13.9. The molecule has 3 nitrogen and oxygen atoms in total. The van der Waals surface area contributed by atoms with Crippen LogP contribution < -0.4 is 0 Å². The van der Waals surface area contributed by atoms with E-state index in [1.54, 1.807) is 11.8 Å². The Labute approximate surface area is 103 Å². The van der Waals surface area contributed by atoms with Gasteiger partial charge in [-0.3, -0.25) is 4.79 Å². The fourth-order valence-corrected chi connectivity index (χ4v) is 3.22. The number of carbonyl (C=O) groups is 1. The maximum Gasteiger partial charge on any atom is 0.319 e. The van der Waals surface area contributed by atoms with Crippen molar-refractivity contribution in [3.63, 3.8) is 0 Å². The minimum atomic E-state index is -0.0404. The molecule has 0 spiro atoms. The molecular formula is C12H23NO2S. The maximum absolute atomic E-state index is 11.6. The first-order chi connectivity index (χ1) is 7.67. The van der Waals surface area contributed by atoms with Crippen molar-refractivity contribution in [1.29, 1.82) is 0 Å². The van der Waals surface area contributed by atoms with Gasteiger partial charge in [0.15, 0.2) is 0 Å². The van der Waals surface area contributed by atoms with Gasteiger partial charge in [-0.25, -0.2) is 0 Å². The van der Waals surface area contributed by atoms with Gasteiger partial charge in [-0.2, -0.15) is 0 Å². The highest BCUT2D eigenvalue weighted by Gasteiger charge is 2.23. The van der Waals surface area contributed by atoms with Crippen LogP contribution in [0.3, 0.4) is 0 Å². The summed E-state index contributed by atoms with van der Waals surface area (Å²) in [5.74, 6) is 1.79. The summed E-state index contributed by atoms with van der Waals surface area (Å²) in [5, 5.41) is 0.0332. The highest BCUT2D eigenvalue weighted by Crippen LogP contribution is 2.24. The molecule has 0 radical (unpaired) electrons. The molecule has 1 aliphatic heterocycles. The Morgan fingerprint density at radius 1 is 1.56 bits per heavy atom. The van der Waals surface area contributed by atoms with Crippen LogP contribution in [-0.2, 0) is 9.53 Å². The van der Waals surface area contributed by atoms with Crippen LogP contribution in [0.2, 0.25) is 0 Å². The molecule has 4 heteroatoms. The van der Waals surface area contributed by atoms with Crippen molar-refractivity contribution >= 4 is 17.7 Å². The number of thioether (sulfide) groups is 1. The fraction of sp³-hybridized carbons (Fsp3) is 0.917. The van der Waals surface area contributed by atoms with Crippen LogP contribution in [0.4, 0.5) is 0 Å². The molecule has 1 aliphatic rings. The third kappa shape index (κ3) is 4.34. The SMILES string of the molecule is CCOC(=O)C(CC)SCC1CCN(C)C1. The maximum atomic E-state index is 11.6. The summed E-state index contributed by atoms with van der Waals surface area (Å²) in [6, 6.07) is 0. The zero-order valence-corrected chi connectivity index (χ0v) is 11.4. The lowest BCUT2D eigenvalue weighted by Gasteiger charge is -2.15. The van der Waals surface area contributed by atoms with Gasteiger partial charge in [-0.15, -0.1) is 11.8 Å². The lowest BCUT2D eigenvalue weighted by Crippen LogP contribution is -2.22. The Hall–Kier alpha value is -0.220. The first-order valence-corrected chi connectivity index (χ1v) is 7.19. The van der Waals surface area contributed by atoms with Crippen molar-refractivity contribution in [3.8, 4) is 0 Å². The van der Waals surface area contributed by atoms with E-state index in [9.17, 15) is 4.79 Å². The summed E-state index contributed by atoms with van der Waals surface area (Å²) in [5.41, 5.74) is 0. The van der Waals surface area contributed by atoms with Crippen LogP contribution in [0.25, 0.3) is 0 Å². The van der Waals surface area contributed by atoms with Crippen LogP contribution in [0.5, 0.6) is 0 Å². The predicted octanol–water partition coefficient (Wildman–Crippen LogP) is 2.01. The molecule has 0 bridgehead atoms. The Morgan fingerprint density at radius 3 is 2.81 bits per heavy atom. The largest absolute Gasteiger partial charge is 0.465 e. The van der Waals surface area contributed by atoms with Crippen LogP contribution in [-0.4, -0.2) is 48.6 Å². The number of carbonyl (C=O) groups excluding carboxylic acids is 1. The van der Waals surface area contributed by atoms with E-state index in [4.69, 9.17) is 4.74 Å². The van der Waals surface area contributed by atoms with E-state index in [0.717, 1.165) is 18.1 Å². The summed E-state index contributed by atoms with van der Waals surface area (Å²) in [6.45, 7) is 6.77. The molecule has 0 aromatic carbocycles. The Balaban J connectivity index is 2.25. The number of likely N-dealkylation sites (tertiary alicyclic amines) is 1. The molecule has 16 heavy (non-hydrogen) atoms. The molecule has 0 N–H and O–H groups in total. The Bertz CT molecular complexity index is 223. The normalized spacial score (nSPS) is 23.3. The number of hydrogen-bond acceptors (Lipinski definition) is 4. The molecule has 0 amide bonds. The third-order valence-corrected chi connectivity index (χ3v) is 4.53. The van der Waals surface area contributed by atoms with Gasteiger partial charge in [0.2, 0.25) is 0 Å². The topological polar surface area (TPSA) is 29.5 Å². The number of ether oxygens (including phenoxy) is 1. The standard InChI is InChI=1S/C12H23NO2S/c1-4-11(12(14)15-5-2)16-9-10-6-7-13(3)8-10/h10-11H,4-9H2,1-3H3. The molecule has 0 aromatic rings. The lowest BCUT2D eigenvalue weighted by molar-refractivity contribution is -0.142. The van der Waals surface area contributed by atoms with Gasteiger partial charge in [-0.1, -0.05) is 6.92 Å². The second-order valence-corrected chi connectivity index (χ2v) is 5.63. The first kappa shape index (κ1) is 13.8. The minimum Gasteiger partial charge on any atom is -0.465 e. The van der Waals surface area contributed by atoms with E-state index in [0.29, 0.717) is 6.61 Å². The van der Waals surface area contributed by atoms with Crippen molar-refractivity contribution in [2.75, 3.05) is 32.5 Å². The van der Waals surface area contributed by atoms with Gasteiger partial charge in [0, 0.05) is 6.54 Å². The van der Waals surface area contributed by atoms with E-state index in [-0.39, 0.29) is 11.2 Å². The Kier molecular flexibility index (Phi) is 6.21. The summed E-state index contributed by atoms with van der Waals surface area (Å²) in [6.07, 6.45) is 2.13. The van der Waals surface area contributed by atoms with Gasteiger partial charge in [-0.05, 0) is 45.0 Å². The predicted molar refractivity (Wildman–Crippen MR) is 68.8 cm³/mol. The van der Waals surface area contributed by atoms with Crippen molar-refractivity contribution in [1.82, 2.24) is 4.90 Å². The summed E-state index contributed by atoms with van der Waals surface area (Å²) in [7, 11) is 2.16. The quantitative estimate of drug-likeness (QED) is 0.670. The number of nitrogens with zero attached hydrogens (tertiary/aromatic N) is 1.